The number of carbonyl (C=O) groups excluding carboxylic acids is 1. The third-order valence-electron chi connectivity index (χ3n) is 3.17. The molecule has 1 atom stereocenters. The summed E-state index contributed by atoms with van der Waals surface area (Å²) in [5.41, 5.74) is 0.529. The maximum Gasteiger partial charge on any atom is 0.306 e. The monoisotopic (exact) mass is 361 g/mol. The minimum absolute atomic E-state index is 0.00372. The van der Waals surface area contributed by atoms with Gasteiger partial charge in [0.1, 0.15) is 24.8 Å². The van der Waals surface area contributed by atoms with Crippen LogP contribution in [-0.4, -0.2) is 29.1 Å². The molecule has 7 heteroatoms. The highest BCUT2D eigenvalue weighted by molar-refractivity contribution is 7.85. The van der Waals surface area contributed by atoms with E-state index >= 15 is 0 Å². The van der Waals surface area contributed by atoms with Gasteiger partial charge in [0.2, 0.25) is 0 Å². The summed E-state index contributed by atoms with van der Waals surface area (Å²) in [5.74, 6) is -0.509. The Morgan fingerprint density at radius 2 is 1.84 bits per heavy atom. The smallest absolute Gasteiger partial charge is 0.306 e. The molecule has 0 amide bonds. The molecule has 2 aromatic carbocycles. The molecule has 0 fully saturated rings. The van der Waals surface area contributed by atoms with Gasteiger partial charge in [-0.05, 0) is 36.4 Å². The largest absolute Gasteiger partial charge is 0.490 e. The summed E-state index contributed by atoms with van der Waals surface area (Å²) in [4.78, 5) is 11.7. The van der Waals surface area contributed by atoms with E-state index < -0.39 is 22.6 Å². The van der Waals surface area contributed by atoms with E-state index in [1.807, 2.05) is 6.07 Å². The Kier molecular flexibility index (Phi) is 7.11. The molecule has 0 spiro atoms. The van der Waals surface area contributed by atoms with Crippen molar-refractivity contribution in [2.75, 3.05) is 19.0 Å². The molecule has 0 unspecified atom stereocenters. The van der Waals surface area contributed by atoms with Crippen molar-refractivity contribution in [3.63, 3.8) is 0 Å². The third-order valence-corrected chi connectivity index (χ3v) is 4.57. The first-order chi connectivity index (χ1) is 12.1. The first-order valence-corrected chi connectivity index (χ1v) is 8.83. The van der Waals surface area contributed by atoms with Gasteiger partial charge in [-0.3, -0.25) is 9.00 Å². The molecule has 5 nitrogen and oxygen atoms in total. The zero-order chi connectivity index (χ0) is 18.1. The number of carbonyl (C=O) groups is 1. The standard InChI is InChI=1S/C18H16FNO4S/c19-16-3-1-2-4-17(16)25(22)12-9-18(21)24-11-10-23-15-7-5-14(13-20)6-8-15/h1-8H,9-12H2/t25-/m0/s1. The third kappa shape index (κ3) is 6.01. The Labute approximate surface area is 147 Å². The zero-order valence-corrected chi connectivity index (χ0v) is 14.1. The van der Waals surface area contributed by atoms with E-state index in [-0.39, 0.29) is 30.3 Å². The molecule has 0 saturated carbocycles. The van der Waals surface area contributed by atoms with Crippen LogP contribution in [0.15, 0.2) is 53.4 Å². The van der Waals surface area contributed by atoms with Crippen LogP contribution in [0.3, 0.4) is 0 Å². The Morgan fingerprint density at radius 3 is 2.52 bits per heavy atom. The van der Waals surface area contributed by atoms with Crippen molar-refractivity contribution in [2.24, 2.45) is 0 Å². The van der Waals surface area contributed by atoms with Gasteiger partial charge >= 0.3 is 5.97 Å². The average molecular weight is 361 g/mol. The van der Waals surface area contributed by atoms with Gasteiger partial charge in [0.25, 0.3) is 0 Å². The van der Waals surface area contributed by atoms with Crippen molar-refractivity contribution < 1.29 is 22.9 Å². The summed E-state index contributed by atoms with van der Waals surface area (Å²) in [6.45, 7) is 0.208. The number of nitrogens with zero attached hydrogens (tertiary/aromatic N) is 1. The van der Waals surface area contributed by atoms with Gasteiger partial charge in [-0.2, -0.15) is 5.26 Å². The fourth-order valence-corrected chi connectivity index (χ4v) is 3.02. The predicted octanol–water partition coefficient (Wildman–Crippen LogP) is 2.82. The summed E-state index contributed by atoms with van der Waals surface area (Å²) in [7, 11) is -1.59. The summed E-state index contributed by atoms with van der Waals surface area (Å²) in [5, 5.41) is 8.69. The summed E-state index contributed by atoms with van der Waals surface area (Å²) < 4.78 is 35.8. The van der Waals surface area contributed by atoms with Gasteiger partial charge < -0.3 is 9.47 Å². The highest BCUT2D eigenvalue weighted by atomic mass is 32.2. The Morgan fingerprint density at radius 1 is 1.12 bits per heavy atom. The molecule has 0 aliphatic heterocycles. The molecule has 0 saturated heterocycles. The highest BCUT2D eigenvalue weighted by Gasteiger charge is 2.12. The minimum atomic E-state index is -1.59. The van der Waals surface area contributed by atoms with Gasteiger partial charge in [0, 0.05) is 5.75 Å². The lowest BCUT2D eigenvalue weighted by atomic mass is 10.2. The molecule has 0 bridgehead atoms. The van der Waals surface area contributed by atoms with E-state index in [0.717, 1.165) is 0 Å². The van der Waals surface area contributed by atoms with E-state index in [4.69, 9.17) is 14.7 Å². The average Bonchev–Trinajstić information content (AvgIpc) is 2.64. The van der Waals surface area contributed by atoms with Crippen molar-refractivity contribution in [3.8, 4) is 11.8 Å². The van der Waals surface area contributed by atoms with Crippen LogP contribution in [0.1, 0.15) is 12.0 Å². The Bertz CT molecular complexity index is 786. The topological polar surface area (TPSA) is 76.4 Å². The fraction of sp³-hybridized carbons (Fsp3) is 0.222. The number of halogens is 1. The Balaban J connectivity index is 1.66. The lowest BCUT2D eigenvalue weighted by molar-refractivity contribution is -0.143. The quantitative estimate of drug-likeness (QED) is 0.534. The van der Waals surface area contributed by atoms with Crippen molar-refractivity contribution in [2.45, 2.75) is 11.3 Å². The van der Waals surface area contributed by atoms with Gasteiger partial charge in [-0.15, -0.1) is 0 Å². The van der Waals surface area contributed by atoms with Crippen LogP contribution < -0.4 is 4.74 Å². The highest BCUT2D eigenvalue weighted by Crippen LogP contribution is 2.13. The molecular weight excluding hydrogens is 345 g/mol. The first-order valence-electron chi connectivity index (χ1n) is 7.51. The number of benzene rings is 2. The summed E-state index contributed by atoms with van der Waals surface area (Å²) in [6.07, 6.45) is -0.0716. The van der Waals surface area contributed by atoms with E-state index in [1.54, 1.807) is 30.3 Å². The van der Waals surface area contributed by atoms with Crippen LogP contribution in [-0.2, 0) is 20.3 Å². The van der Waals surface area contributed by atoms with E-state index in [0.29, 0.717) is 11.3 Å². The summed E-state index contributed by atoms with van der Waals surface area (Å²) in [6, 6.07) is 14.3. The second-order valence-electron chi connectivity index (χ2n) is 4.94. The second kappa shape index (κ2) is 9.55. The zero-order valence-electron chi connectivity index (χ0n) is 13.3. The number of hydrogen-bond donors (Lipinski definition) is 0. The van der Waals surface area contributed by atoms with Crippen molar-refractivity contribution >= 4 is 16.8 Å². The van der Waals surface area contributed by atoms with Gasteiger partial charge in [0.05, 0.1) is 33.7 Å². The number of nitriles is 1. The van der Waals surface area contributed by atoms with Gasteiger partial charge in [0.15, 0.2) is 0 Å². The van der Waals surface area contributed by atoms with Crippen LogP contribution in [0.2, 0.25) is 0 Å². The summed E-state index contributed by atoms with van der Waals surface area (Å²) >= 11 is 0. The predicted molar refractivity (Wildman–Crippen MR) is 89.9 cm³/mol. The molecule has 0 aromatic heterocycles. The molecule has 0 N–H and O–H groups in total. The van der Waals surface area contributed by atoms with Crippen LogP contribution in [0.5, 0.6) is 5.75 Å². The molecular formula is C18H16FNO4S. The normalized spacial score (nSPS) is 11.4. The van der Waals surface area contributed by atoms with E-state index in [1.165, 1.54) is 18.2 Å². The maximum atomic E-state index is 13.5. The molecule has 2 aromatic rings. The molecule has 25 heavy (non-hydrogen) atoms. The fourth-order valence-electron chi connectivity index (χ4n) is 1.93. The van der Waals surface area contributed by atoms with Crippen LogP contribution >= 0.6 is 0 Å². The second-order valence-corrected chi connectivity index (χ2v) is 6.47. The number of hydrogen-bond acceptors (Lipinski definition) is 5. The first kappa shape index (κ1) is 18.6. The van der Waals surface area contributed by atoms with E-state index in [9.17, 15) is 13.4 Å². The number of rotatable bonds is 8. The molecule has 0 radical (unpaired) electrons. The van der Waals surface area contributed by atoms with E-state index in [2.05, 4.69) is 0 Å². The van der Waals surface area contributed by atoms with Crippen LogP contribution in [0.25, 0.3) is 0 Å². The molecule has 0 aliphatic rings. The molecule has 130 valence electrons. The van der Waals surface area contributed by atoms with Crippen molar-refractivity contribution in [1.29, 1.82) is 5.26 Å². The van der Waals surface area contributed by atoms with Gasteiger partial charge in [-0.25, -0.2) is 4.39 Å². The maximum absolute atomic E-state index is 13.5. The van der Waals surface area contributed by atoms with Crippen LogP contribution in [0.4, 0.5) is 4.39 Å². The molecule has 2 rings (SSSR count). The molecule has 0 heterocycles. The lowest BCUT2D eigenvalue weighted by Crippen LogP contribution is -2.14. The number of ether oxygens (including phenoxy) is 2. The Hall–Kier alpha value is -2.72. The van der Waals surface area contributed by atoms with Crippen LogP contribution in [0, 0.1) is 17.1 Å². The minimum Gasteiger partial charge on any atom is -0.490 e. The SMILES string of the molecule is N#Cc1ccc(OCCOC(=O)CC[S@](=O)c2ccccc2F)cc1. The lowest BCUT2D eigenvalue weighted by Gasteiger charge is -2.07. The number of esters is 1. The van der Waals surface area contributed by atoms with Crippen molar-refractivity contribution in [1.82, 2.24) is 0 Å². The van der Waals surface area contributed by atoms with Gasteiger partial charge in [-0.1, -0.05) is 12.1 Å². The molecule has 0 aliphatic carbocycles. The van der Waals surface area contributed by atoms with Crippen molar-refractivity contribution in [3.05, 3.63) is 59.9 Å².